The van der Waals surface area contributed by atoms with E-state index in [0.29, 0.717) is 17.9 Å². The molecule has 2 aliphatic rings. The first-order valence-corrected chi connectivity index (χ1v) is 9.22. The predicted molar refractivity (Wildman–Crippen MR) is 95.7 cm³/mol. The Bertz CT molecular complexity index is 1020. The molecule has 0 spiro atoms. The van der Waals surface area contributed by atoms with Crippen LogP contribution in [-0.4, -0.2) is 48.3 Å². The van der Waals surface area contributed by atoms with E-state index < -0.39 is 58.8 Å². The lowest BCUT2D eigenvalue weighted by Crippen LogP contribution is -2.47. The lowest BCUT2D eigenvalue weighted by Gasteiger charge is -2.33. The molecule has 0 atom stereocenters. The fraction of sp³-hybridized carbons (Fsp3) is 0.444. The first kappa shape index (κ1) is 24.1. The Morgan fingerprint density at radius 2 is 1.75 bits per heavy atom. The number of nitrogens with zero attached hydrogens (tertiary/aromatic N) is 3. The highest BCUT2D eigenvalue weighted by molar-refractivity contribution is 6.34. The summed E-state index contributed by atoms with van der Waals surface area (Å²) in [5.41, 5.74) is -6.54. The van der Waals surface area contributed by atoms with Crippen LogP contribution in [0.1, 0.15) is 23.2 Å². The molecule has 1 amide bonds. The third-order valence-electron chi connectivity index (χ3n) is 4.98. The molecule has 1 aromatic carbocycles. The lowest BCUT2D eigenvalue weighted by molar-refractivity contribution is -0.266. The average Bonchev–Trinajstić information content (AvgIpc) is 3.33. The van der Waals surface area contributed by atoms with Gasteiger partial charge in [-0.05, 0) is 31.0 Å². The molecular formula is C18H13ClF8N4O. The van der Waals surface area contributed by atoms with Gasteiger partial charge < -0.3 is 5.32 Å². The third-order valence-corrected chi connectivity index (χ3v) is 5.31. The number of hydrazine groups is 1. The molecule has 0 radical (unpaired) electrons. The number of carbonyl (C=O) groups is 1. The lowest BCUT2D eigenvalue weighted by atomic mass is 10.1. The summed E-state index contributed by atoms with van der Waals surface area (Å²) in [6.07, 6.45) is -11.1. The number of benzene rings is 1. The quantitative estimate of drug-likeness (QED) is 0.618. The molecule has 0 aromatic heterocycles. The molecule has 32 heavy (non-hydrogen) atoms. The van der Waals surface area contributed by atoms with Crippen LogP contribution in [0.3, 0.4) is 0 Å². The van der Waals surface area contributed by atoms with E-state index in [1.165, 1.54) is 0 Å². The topological polar surface area (TPSA) is 59.4 Å². The van der Waals surface area contributed by atoms with Crippen LogP contribution in [0, 0.1) is 11.3 Å². The van der Waals surface area contributed by atoms with Crippen LogP contribution in [0.4, 0.5) is 40.8 Å². The van der Waals surface area contributed by atoms with Crippen LogP contribution in [0.25, 0.3) is 0 Å². The second kappa shape index (κ2) is 7.48. The summed E-state index contributed by atoms with van der Waals surface area (Å²) in [5, 5.41) is 11.8. The fourth-order valence-electron chi connectivity index (χ4n) is 3.17. The van der Waals surface area contributed by atoms with E-state index in [9.17, 15) is 39.9 Å². The number of anilines is 1. The molecule has 1 aromatic rings. The van der Waals surface area contributed by atoms with Gasteiger partial charge in [0.25, 0.3) is 5.91 Å². The number of allylic oxidation sites excluding steroid dienone is 1. The van der Waals surface area contributed by atoms with Gasteiger partial charge in [-0.3, -0.25) is 9.80 Å². The Morgan fingerprint density at radius 3 is 2.22 bits per heavy atom. The van der Waals surface area contributed by atoms with E-state index in [0.717, 1.165) is 25.2 Å². The molecular weight excluding hydrogens is 476 g/mol. The predicted octanol–water partition coefficient (Wildman–Crippen LogP) is 4.81. The number of carbonyl (C=O) groups excluding carboxylic acids is 1. The number of alkyl halides is 8. The summed E-state index contributed by atoms with van der Waals surface area (Å²) in [7, 11) is 0.883. The maximum absolute atomic E-state index is 14.2. The number of hydrogen-bond acceptors (Lipinski definition) is 4. The van der Waals surface area contributed by atoms with Crippen molar-refractivity contribution in [3.8, 4) is 6.07 Å². The van der Waals surface area contributed by atoms with Crippen LogP contribution in [0.15, 0.2) is 29.5 Å². The van der Waals surface area contributed by atoms with Gasteiger partial charge in [0.1, 0.15) is 11.2 Å². The zero-order chi connectivity index (χ0) is 24.3. The Balaban J connectivity index is 2.12. The highest BCUT2D eigenvalue weighted by Gasteiger charge is 2.66. The number of hydrogen-bond donors (Lipinski definition) is 1. The average molecular weight is 489 g/mol. The van der Waals surface area contributed by atoms with E-state index in [-0.39, 0.29) is 10.0 Å². The SMILES string of the molecule is CN1CC(C(F)(F)F)=C(C(F)(F)C(F)(F)F)N1c1ccc(Cl)c(C(=O)NC2(C#N)CC2)c1. The number of amides is 1. The Kier molecular flexibility index (Phi) is 5.63. The van der Waals surface area contributed by atoms with E-state index in [4.69, 9.17) is 16.9 Å². The highest BCUT2D eigenvalue weighted by atomic mass is 35.5. The summed E-state index contributed by atoms with van der Waals surface area (Å²) in [5.74, 6) is -6.79. The maximum atomic E-state index is 14.2. The zero-order valence-electron chi connectivity index (χ0n) is 16.0. The smallest absolute Gasteiger partial charge is 0.334 e. The standard InChI is InChI=1S/C18H13ClF8N4O/c1-30-7-11(17(22,23)24)13(16(20,21)18(25,26)27)31(30)9-2-3-12(19)10(6-9)14(32)29-15(8-28)4-5-15/h2-3,6H,4-5,7H2,1H3,(H,29,32). The summed E-state index contributed by atoms with van der Waals surface area (Å²) in [4.78, 5) is 12.5. The monoisotopic (exact) mass is 488 g/mol. The molecule has 0 saturated heterocycles. The zero-order valence-corrected chi connectivity index (χ0v) is 16.8. The van der Waals surface area contributed by atoms with Crippen molar-refractivity contribution in [2.24, 2.45) is 0 Å². The van der Waals surface area contributed by atoms with E-state index in [1.807, 2.05) is 6.07 Å². The van der Waals surface area contributed by atoms with Crippen LogP contribution < -0.4 is 10.3 Å². The van der Waals surface area contributed by atoms with E-state index in [2.05, 4.69) is 5.32 Å². The molecule has 1 aliphatic carbocycles. The molecule has 0 unspecified atom stereocenters. The van der Waals surface area contributed by atoms with Gasteiger partial charge in [0.15, 0.2) is 0 Å². The van der Waals surface area contributed by atoms with E-state index in [1.54, 1.807) is 0 Å². The molecule has 1 fully saturated rings. The van der Waals surface area contributed by atoms with Crippen LogP contribution in [0.2, 0.25) is 5.02 Å². The highest BCUT2D eigenvalue weighted by Crippen LogP contribution is 2.50. The van der Waals surface area contributed by atoms with Crippen molar-refractivity contribution >= 4 is 23.2 Å². The molecule has 3 rings (SSSR count). The molecule has 174 valence electrons. The second-order valence-electron chi connectivity index (χ2n) is 7.34. The van der Waals surface area contributed by atoms with Crippen molar-refractivity contribution in [2.75, 3.05) is 18.6 Å². The van der Waals surface area contributed by atoms with Gasteiger partial charge in [0.2, 0.25) is 0 Å². The minimum atomic E-state index is -6.32. The van der Waals surface area contributed by atoms with Gasteiger partial charge in [-0.2, -0.15) is 40.4 Å². The summed E-state index contributed by atoms with van der Waals surface area (Å²) < 4.78 is 108. The first-order valence-electron chi connectivity index (χ1n) is 8.84. The molecule has 0 bridgehead atoms. The largest absolute Gasteiger partial charge is 0.459 e. The van der Waals surface area contributed by atoms with Crippen molar-refractivity contribution in [2.45, 2.75) is 36.7 Å². The molecule has 14 heteroatoms. The number of halogens is 9. The Hall–Kier alpha value is -2.59. The van der Waals surface area contributed by atoms with Crippen LogP contribution >= 0.6 is 11.6 Å². The summed E-state index contributed by atoms with van der Waals surface area (Å²) in [6.45, 7) is -1.29. The molecule has 1 N–H and O–H groups in total. The van der Waals surface area contributed by atoms with Gasteiger partial charge in [0.05, 0.1) is 34.5 Å². The maximum Gasteiger partial charge on any atom is 0.459 e. The normalized spacial score (nSPS) is 19.2. The van der Waals surface area contributed by atoms with Crippen molar-refractivity contribution in [3.63, 3.8) is 0 Å². The first-order chi connectivity index (χ1) is 14.5. The van der Waals surface area contributed by atoms with Crippen molar-refractivity contribution in [1.82, 2.24) is 10.3 Å². The Labute approximate surface area is 180 Å². The van der Waals surface area contributed by atoms with Gasteiger partial charge in [0, 0.05) is 7.05 Å². The number of nitriles is 1. The van der Waals surface area contributed by atoms with Crippen molar-refractivity contribution in [3.05, 3.63) is 40.1 Å². The Morgan fingerprint density at radius 1 is 1.16 bits per heavy atom. The molecule has 1 heterocycles. The third kappa shape index (κ3) is 4.09. The number of likely N-dealkylation sites (N-methyl/N-ethyl adjacent to an activating group) is 1. The van der Waals surface area contributed by atoms with Gasteiger partial charge in [-0.25, -0.2) is 5.01 Å². The summed E-state index contributed by atoms with van der Waals surface area (Å²) in [6, 6.07) is 4.52. The van der Waals surface area contributed by atoms with Gasteiger partial charge in [-0.1, -0.05) is 11.6 Å². The number of nitrogens with one attached hydrogen (secondary N) is 1. The minimum absolute atomic E-state index is 0.0562. The molecule has 1 saturated carbocycles. The summed E-state index contributed by atoms with van der Waals surface area (Å²) >= 11 is 5.93. The second-order valence-corrected chi connectivity index (χ2v) is 7.74. The van der Waals surface area contributed by atoms with Gasteiger partial charge in [-0.15, -0.1) is 0 Å². The minimum Gasteiger partial charge on any atom is -0.334 e. The van der Waals surface area contributed by atoms with Crippen LogP contribution in [-0.2, 0) is 0 Å². The van der Waals surface area contributed by atoms with E-state index >= 15 is 0 Å². The van der Waals surface area contributed by atoms with Crippen molar-refractivity contribution < 1.29 is 39.9 Å². The van der Waals surface area contributed by atoms with Crippen molar-refractivity contribution in [1.29, 1.82) is 5.26 Å². The molecule has 5 nitrogen and oxygen atoms in total. The number of rotatable bonds is 4. The fourth-order valence-corrected chi connectivity index (χ4v) is 3.38. The molecule has 1 aliphatic heterocycles. The van der Waals surface area contributed by atoms with Gasteiger partial charge >= 0.3 is 18.3 Å². The van der Waals surface area contributed by atoms with Crippen LogP contribution in [0.5, 0.6) is 0 Å².